The second-order valence-corrected chi connectivity index (χ2v) is 4.70. The van der Waals surface area contributed by atoms with E-state index >= 15 is 0 Å². The molecule has 0 aliphatic heterocycles. The average molecular weight is 228 g/mol. The number of nitrogens with one attached hydrogen (secondary N) is 1. The molecule has 1 aliphatic rings. The van der Waals surface area contributed by atoms with Crippen LogP contribution in [0.25, 0.3) is 0 Å². The number of hydrogen-bond donors (Lipinski definition) is 1. The Kier molecular flexibility index (Phi) is 3.15. The van der Waals surface area contributed by atoms with Gasteiger partial charge in [0.15, 0.2) is 0 Å². The third-order valence-electron chi connectivity index (χ3n) is 3.13. The Morgan fingerprint density at radius 1 is 1.40 bits per heavy atom. The Balaban J connectivity index is 2.07. The highest BCUT2D eigenvalue weighted by Gasteiger charge is 2.22. The smallest absolute Gasteiger partial charge is 0.143 e. The van der Waals surface area contributed by atoms with Gasteiger partial charge < -0.3 is 5.32 Å². The molecule has 2 rings (SSSR count). The molecule has 1 nitrogen and oxygen atoms in total. The summed E-state index contributed by atoms with van der Waals surface area (Å²) < 4.78 is 13.2. The molecule has 1 aromatic rings. The summed E-state index contributed by atoms with van der Waals surface area (Å²) in [5, 5.41) is 3.54. The first kappa shape index (κ1) is 10.7. The maximum Gasteiger partial charge on any atom is 0.143 e. The highest BCUT2D eigenvalue weighted by molar-refractivity contribution is 6.30. The van der Waals surface area contributed by atoms with Crippen molar-refractivity contribution in [2.45, 2.75) is 32.2 Å². The van der Waals surface area contributed by atoms with Crippen molar-refractivity contribution in [1.82, 2.24) is 0 Å². The van der Waals surface area contributed by atoms with E-state index in [1.807, 2.05) is 6.07 Å². The predicted molar refractivity (Wildman–Crippen MR) is 61.8 cm³/mol. The van der Waals surface area contributed by atoms with Gasteiger partial charge in [-0.15, -0.1) is 0 Å². The van der Waals surface area contributed by atoms with Crippen LogP contribution in [0.5, 0.6) is 0 Å². The molecule has 1 N–H and O–H groups in total. The zero-order chi connectivity index (χ0) is 10.8. The predicted octanol–water partition coefficient (Wildman–Crippen LogP) is 4.08. The molecule has 0 aromatic heterocycles. The van der Waals surface area contributed by atoms with Crippen LogP contribution in [-0.4, -0.2) is 6.04 Å². The normalized spacial score (nSPS) is 25.5. The minimum atomic E-state index is -0.354. The molecule has 0 radical (unpaired) electrons. The maximum atomic E-state index is 13.2. The second kappa shape index (κ2) is 4.40. The quantitative estimate of drug-likeness (QED) is 0.803. The second-order valence-electron chi connectivity index (χ2n) is 4.29. The van der Waals surface area contributed by atoms with Crippen molar-refractivity contribution in [3.05, 3.63) is 29.0 Å². The van der Waals surface area contributed by atoms with Crippen LogP contribution in [0.3, 0.4) is 0 Å². The molecule has 0 saturated heterocycles. The third-order valence-corrected chi connectivity index (χ3v) is 3.44. The lowest BCUT2D eigenvalue weighted by Crippen LogP contribution is -2.21. The van der Waals surface area contributed by atoms with Crippen LogP contribution in [0, 0.1) is 11.7 Å². The summed E-state index contributed by atoms with van der Waals surface area (Å²) >= 11 is 5.62. The summed E-state index contributed by atoms with van der Waals surface area (Å²) in [6.07, 6.45) is 3.69. The molecule has 82 valence electrons. The molecule has 1 fully saturated rings. The van der Waals surface area contributed by atoms with Gasteiger partial charge in [-0.2, -0.15) is 0 Å². The molecule has 2 unspecified atom stereocenters. The van der Waals surface area contributed by atoms with Gasteiger partial charge >= 0.3 is 0 Å². The van der Waals surface area contributed by atoms with E-state index in [1.54, 1.807) is 6.07 Å². The Bertz CT molecular complexity index is 353. The molecular formula is C12H15ClFN. The molecule has 1 saturated carbocycles. The van der Waals surface area contributed by atoms with Gasteiger partial charge in [-0.05, 0) is 37.0 Å². The van der Waals surface area contributed by atoms with Crippen molar-refractivity contribution in [1.29, 1.82) is 0 Å². The molecule has 1 aromatic carbocycles. The minimum Gasteiger partial charge on any atom is -0.382 e. The van der Waals surface area contributed by atoms with Crippen molar-refractivity contribution in [3.63, 3.8) is 0 Å². The summed E-state index contributed by atoms with van der Waals surface area (Å²) in [4.78, 5) is 0. The summed E-state index contributed by atoms with van der Waals surface area (Å²) in [5.41, 5.74) is 0.829. The Morgan fingerprint density at radius 3 is 2.80 bits per heavy atom. The van der Waals surface area contributed by atoms with E-state index in [9.17, 15) is 4.39 Å². The van der Waals surface area contributed by atoms with Crippen LogP contribution >= 0.6 is 11.6 Å². The van der Waals surface area contributed by atoms with Crippen LogP contribution < -0.4 is 5.32 Å². The monoisotopic (exact) mass is 227 g/mol. The molecule has 0 amide bonds. The van der Waals surface area contributed by atoms with E-state index < -0.39 is 0 Å². The fourth-order valence-corrected chi connectivity index (χ4v) is 2.28. The number of hydrogen-bond acceptors (Lipinski definition) is 1. The first-order chi connectivity index (χ1) is 7.16. The summed E-state index contributed by atoms with van der Waals surface area (Å²) in [6, 6.07) is 5.37. The van der Waals surface area contributed by atoms with Crippen molar-refractivity contribution in [3.8, 4) is 0 Å². The molecular weight excluding hydrogens is 213 g/mol. The van der Waals surface area contributed by atoms with Gasteiger partial charge in [0.1, 0.15) is 5.82 Å². The zero-order valence-corrected chi connectivity index (χ0v) is 9.52. The molecule has 15 heavy (non-hydrogen) atoms. The van der Waals surface area contributed by atoms with Crippen LogP contribution in [0.4, 0.5) is 10.1 Å². The summed E-state index contributed by atoms with van der Waals surface area (Å²) in [6.45, 7) is 2.23. The lowest BCUT2D eigenvalue weighted by Gasteiger charge is -2.18. The van der Waals surface area contributed by atoms with E-state index in [0.29, 0.717) is 12.0 Å². The molecule has 0 spiro atoms. The fourth-order valence-electron chi connectivity index (χ4n) is 2.16. The van der Waals surface area contributed by atoms with E-state index in [1.165, 1.54) is 25.3 Å². The van der Waals surface area contributed by atoms with Gasteiger partial charge in [0.2, 0.25) is 0 Å². The van der Waals surface area contributed by atoms with Gasteiger partial charge in [0.25, 0.3) is 0 Å². The van der Waals surface area contributed by atoms with Crippen LogP contribution in [0.2, 0.25) is 5.02 Å². The first-order valence-electron chi connectivity index (χ1n) is 5.38. The Hall–Kier alpha value is -0.760. The fraction of sp³-hybridized carbons (Fsp3) is 0.500. The highest BCUT2D eigenvalue weighted by atomic mass is 35.5. The summed E-state index contributed by atoms with van der Waals surface area (Å²) in [7, 11) is 0. The van der Waals surface area contributed by atoms with Crippen molar-refractivity contribution >= 4 is 17.3 Å². The zero-order valence-electron chi connectivity index (χ0n) is 8.76. The molecule has 2 atom stereocenters. The lowest BCUT2D eigenvalue weighted by atomic mass is 10.1. The van der Waals surface area contributed by atoms with Gasteiger partial charge in [-0.3, -0.25) is 0 Å². The van der Waals surface area contributed by atoms with E-state index in [4.69, 9.17) is 11.6 Å². The largest absolute Gasteiger partial charge is 0.382 e. The standard InChI is InChI=1S/C12H15ClFN/c1-8-3-2-4-12(8)15-9-5-6-10(13)11(14)7-9/h5-8,12,15H,2-4H2,1H3. The maximum absolute atomic E-state index is 13.2. The topological polar surface area (TPSA) is 12.0 Å². The highest BCUT2D eigenvalue weighted by Crippen LogP contribution is 2.28. The SMILES string of the molecule is CC1CCCC1Nc1ccc(Cl)c(F)c1. The lowest BCUT2D eigenvalue weighted by molar-refractivity contribution is 0.555. The van der Waals surface area contributed by atoms with Gasteiger partial charge in [-0.25, -0.2) is 4.39 Å². The molecule has 3 heteroatoms. The van der Waals surface area contributed by atoms with Crippen LogP contribution in [-0.2, 0) is 0 Å². The molecule has 0 heterocycles. The van der Waals surface area contributed by atoms with Crippen molar-refractivity contribution in [2.75, 3.05) is 5.32 Å². The number of rotatable bonds is 2. The molecule has 0 bridgehead atoms. The first-order valence-corrected chi connectivity index (χ1v) is 5.76. The van der Waals surface area contributed by atoms with E-state index in [2.05, 4.69) is 12.2 Å². The van der Waals surface area contributed by atoms with Crippen molar-refractivity contribution in [2.24, 2.45) is 5.92 Å². The number of anilines is 1. The van der Waals surface area contributed by atoms with Gasteiger partial charge in [-0.1, -0.05) is 24.9 Å². The number of benzene rings is 1. The average Bonchev–Trinajstić information content (AvgIpc) is 2.59. The van der Waals surface area contributed by atoms with Crippen LogP contribution in [0.15, 0.2) is 18.2 Å². The van der Waals surface area contributed by atoms with E-state index in [-0.39, 0.29) is 10.8 Å². The Morgan fingerprint density at radius 2 is 2.20 bits per heavy atom. The number of halogens is 2. The Labute approximate surface area is 94.6 Å². The van der Waals surface area contributed by atoms with Gasteiger partial charge in [0.05, 0.1) is 5.02 Å². The third kappa shape index (κ3) is 2.43. The summed E-state index contributed by atoms with van der Waals surface area (Å²) in [5.74, 6) is 0.316. The van der Waals surface area contributed by atoms with Crippen molar-refractivity contribution < 1.29 is 4.39 Å². The van der Waals surface area contributed by atoms with E-state index in [0.717, 1.165) is 5.69 Å². The minimum absolute atomic E-state index is 0.181. The van der Waals surface area contributed by atoms with Crippen LogP contribution in [0.1, 0.15) is 26.2 Å². The molecule has 1 aliphatic carbocycles. The van der Waals surface area contributed by atoms with Gasteiger partial charge in [0, 0.05) is 11.7 Å².